The van der Waals surface area contributed by atoms with Gasteiger partial charge in [-0.25, -0.2) is 0 Å². The zero-order chi connectivity index (χ0) is 13.9. The lowest BCUT2D eigenvalue weighted by atomic mass is 9.97. The highest BCUT2D eigenvalue weighted by Gasteiger charge is 2.34. The van der Waals surface area contributed by atoms with Gasteiger partial charge in [-0.3, -0.25) is 4.79 Å². The molecule has 96 valence electrons. The molecule has 0 unspecified atom stereocenters. The van der Waals surface area contributed by atoms with Crippen molar-refractivity contribution < 1.29 is 28.2 Å². The van der Waals surface area contributed by atoms with Crippen LogP contribution in [0.3, 0.4) is 0 Å². The number of hydrogen-bond donors (Lipinski definition) is 2. The maximum Gasteiger partial charge on any atom is 0.417 e. The highest BCUT2D eigenvalue weighted by molar-refractivity contribution is 5.71. The van der Waals surface area contributed by atoms with E-state index in [2.05, 4.69) is 0 Å². The summed E-state index contributed by atoms with van der Waals surface area (Å²) in [5, 5.41) is 26.2. The van der Waals surface area contributed by atoms with E-state index in [9.17, 15) is 18.0 Å². The van der Waals surface area contributed by atoms with Crippen LogP contribution in [0.25, 0.3) is 0 Å². The molecule has 1 aromatic carbocycles. The van der Waals surface area contributed by atoms with E-state index in [4.69, 9.17) is 15.5 Å². The van der Waals surface area contributed by atoms with Crippen LogP contribution in [-0.2, 0) is 24.0 Å². The molecule has 0 fully saturated rings. The minimum Gasteiger partial charge on any atom is -0.481 e. The van der Waals surface area contributed by atoms with Gasteiger partial charge in [-0.15, -0.1) is 0 Å². The number of aliphatic carboxylic acids is 1. The van der Waals surface area contributed by atoms with Crippen LogP contribution >= 0.6 is 0 Å². The molecule has 0 spiro atoms. The SMILES string of the molecule is N#Cc1cc(CO)c(CC(=O)O)cc1C(F)(F)F. The molecule has 0 aliphatic carbocycles. The topological polar surface area (TPSA) is 81.3 Å². The number of nitrogens with zero attached hydrogens (tertiary/aromatic N) is 1. The fourth-order valence-corrected chi connectivity index (χ4v) is 1.49. The highest BCUT2D eigenvalue weighted by atomic mass is 19.4. The molecule has 0 amide bonds. The van der Waals surface area contributed by atoms with Crippen LogP contribution in [0.1, 0.15) is 22.3 Å². The van der Waals surface area contributed by atoms with Crippen LogP contribution < -0.4 is 0 Å². The Morgan fingerprint density at radius 3 is 2.33 bits per heavy atom. The molecular formula is C11H8F3NO3. The van der Waals surface area contributed by atoms with Gasteiger partial charge in [0.05, 0.1) is 30.2 Å². The van der Waals surface area contributed by atoms with Crippen LogP contribution in [0.5, 0.6) is 0 Å². The minimum absolute atomic E-state index is 0.00181. The molecule has 0 saturated carbocycles. The standard InChI is InChI=1S/C11H8F3NO3/c12-11(13,14)9-2-6(3-10(17)18)8(5-16)1-7(9)4-15/h1-2,16H,3,5H2,(H,17,18). The fourth-order valence-electron chi connectivity index (χ4n) is 1.49. The largest absolute Gasteiger partial charge is 0.481 e. The Bertz CT molecular complexity index is 517. The van der Waals surface area contributed by atoms with Gasteiger partial charge < -0.3 is 10.2 Å². The van der Waals surface area contributed by atoms with E-state index in [-0.39, 0.29) is 11.1 Å². The molecule has 0 saturated heterocycles. The summed E-state index contributed by atoms with van der Waals surface area (Å²) in [7, 11) is 0. The maximum absolute atomic E-state index is 12.6. The van der Waals surface area contributed by atoms with Gasteiger partial charge in [-0.05, 0) is 23.3 Å². The second-order valence-electron chi connectivity index (χ2n) is 3.50. The van der Waals surface area contributed by atoms with Crippen molar-refractivity contribution in [2.45, 2.75) is 19.2 Å². The van der Waals surface area contributed by atoms with E-state index in [1.54, 1.807) is 0 Å². The number of aliphatic hydroxyl groups excluding tert-OH is 1. The Kier molecular flexibility index (Phi) is 3.93. The first kappa shape index (κ1) is 14.0. The number of nitriles is 1. The number of carbonyl (C=O) groups is 1. The molecule has 1 rings (SSSR count). The Balaban J connectivity index is 3.45. The van der Waals surface area contributed by atoms with Crippen molar-refractivity contribution in [3.63, 3.8) is 0 Å². The van der Waals surface area contributed by atoms with Crippen molar-refractivity contribution in [3.8, 4) is 6.07 Å². The minimum atomic E-state index is -4.74. The molecule has 1 aromatic rings. The van der Waals surface area contributed by atoms with Gasteiger partial charge in [-0.1, -0.05) is 0 Å². The highest BCUT2D eigenvalue weighted by Crippen LogP contribution is 2.33. The molecule has 0 bridgehead atoms. The Morgan fingerprint density at radius 2 is 1.94 bits per heavy atom. The average Bonchev–Trinajstić information content (AvgIpc) is 2.26. The van der Waals surface area contributed by atoms with Gasteiger partial charge in [0.1, 0.15) is 0 Å². The fraction of sp³-hybridized carbons (Fsp3) is 0.273. The van der Waals surface area contributed by atoms with Gasteiger partial charge in [0.25, 0.3) is 0 Å². The van der Waals surface area contributed by atoms with E-state index in [1.165, 1.54) is 6.07 Å². The number of aliphatic hydroxyl groups is 1. The summed E-state index contributed by atoms with van der Waals surface area (Å²) in [6.45, 7) is -0.630. The summed E-state index contributed by atoms with van der Waals surface area (Å²) in [6.07, 6.45) is -5.39. The third-order valence-electron chi connectivity index (χ3n) is 2.28. The number of hydrogen-bond acceptors (Lipinski definition) is 3. The van der Waals surface area contributed by atoms with Gasteiger partial charge in [0.15, 0.2) is 0 Å². The predicted molar refractivity (Wildman–Crippen MR) is 53.4 cm³/mol. The summed E-state index contributed by atoms with van der Waals surface area (Å²) in [6, 6.07) is 2.84. The van der Waals surface area contributed by atoms with Crippen molar-refractivity contribution in [2.75, 3.05) is 0 Å². The third kappa shape index (κ3) is 2.99. The Labute approximate surface area is 99.9 Å². The van der Waals surface area contributed by atoms with Crippen molar-refractivity contribution in [3.05, 3.63) is 34.4 Å². The van der Waals surface area contributed by atoms with Crippen molar-refractivity contribution >= 4 is 5.97 Å². The van der Waals surface area contributed by atoms with E-state index in [0.717, 1.165) is 6.07 Å². The summed E-state index contributed by atoms with van der Waals surface area (Å²) >= 11 is 0. The van der Waals surface area contributed by atoms with Gasteiger partial charge in [0.2, 0.25) is 0 Å². The zero-order valence-electron chi connectivity index (χ0n) is 8.95. The van der Waals surface area contributed by atoms with Gasteiger partial charge in [0, 0.05) is 0 Å². The van der Waals surface area contributed by atoms with Crippen LogP contribution in [0.4, 0.5) is 13.2 Å². The zero-order valence-corrected chi connectivity index (χ0v) is 8.95. The van der Waals surface area contributed by atoms with Crippen LogP contribution in [0, 0.1) is 11.3 Å². The van der Waals surface area contributed by atoms with Crippen molar-refractivity contribution in [1.82, 2.24) is 0 Å². The predicted octanol–water partition coefficient (Wildman–Crippen LogP) is 1.70. The molecule has 0 radical (unpaired) electrons. The first-order valence-corrected chi connectivity index (χ1v) is 4.75. The van der Waals surface area contributed by atoms with Crippen LogP contribution in [-0.4, -0.2) is 16.2 Å². The quantitative estimate of drug-likeness (QED) is 0.865. The number of rotatable bonds is 3. The number of carboxylic acid groups (broad SMARTS) is 1. The summed E-state index contributed by atoms with van der Waals surface area (Å²) in [5.74, 6) is -1.32. The van der Waals surface area contributed by atoms with Gasteiger partial charge >= 0.3 is 12.1 Å². The molecule has 0 atom stereocenters. The van der Waals surface area contributed by atoms with E-state index >= 15 is 0 Å². The van der Waals surface area contributed by atoms with Crippen LogP contribution in [0.15, 0.2) is 12.1 Å². The van der Waals surface area contributed by atoms with E-state index < -0.39 is 36.3 Å². The number of carboxylic acids is 1. The molecule has 2 N–H and O–H groups in total. The van der Waals surface area contributed by atoms with Crippen molar-refractivity contribution in [1.29, 1.82) is 5.26 Å². The lowest BCUT2D eigenvalue weighted by Gasteiger charge is -2.13. The summed E-state index contributed by atoms with van der Waals surface area (Å²) < 4.78 is 37.9. The maximum atomic E-state index is 12.6. The molecule has 4 nitrogen and oxygen atoms in total. The second-order valence-corrected chi connectivity index (χ2v) is 3.50. The first-order valence-electron chi connectivity index (χ1n) is 4.75. The lowest BCUT2D eigenvalue weighted by Crippen LogP contribution is -2.12. The van der Waals surface area contributed by atoms with Crippen molar-refractivity contribution in [2.24, 2.45) is 0 Å². The molecular weight excluding hydrogens is 251 g/mol. The molecule has 0 heterocycles. The third-order valence-corrected chi connectivity index (χ3v) is 2.28. The average molecular weight is 259 g/mol. The first-order chi connectivity index (χ1) is 8.29. The molecule has 18 heavy (non-hydrogen) atoms. The monoisotopic (exact) mass is 259 g/mol. The summed E-state index contributed by atoms with van der Waals surface area (Å²) in [5.41, 5.74) is -1.99. The van der Waals surface area contributed by atoms with E-state index in [1.807, 2.05) is 0 Å². The van der Waals surface area contributed by atoms with Crippen LogP contribution in [0.2, 0.25) is 0 Å². The molecule has 0 aliphatic heterocycles. The van der Waals surface area contributed by atoms with E-state index in [0.29, 0.717) is 6.07 Å². The Hall–Kier alpha value is -2.07. The Morgan fingerprint density at radius 1 is 1.33 bits per heavy atom. The number of benzene rings is 1. The molecule has 7 heteroatoms. The normalized spacial score (nSPS) is 11.1. The second kappa shape index (κ2) is 5.06. The van der Waals surface area contributed by atoms with Gasteiger partial charge in [-0.2, -0.15) is 18.4 Å². The lowest BCUT2D eigenvalue weighted by molar-refractivity contribution is -0.139. The number of halogens is 3. The summed E-state index contributed by atoms with van der Waals surface area (Å²) in [4.78, 5) is 10.5. The smallest absolute Gasteiger partial charge is 0.417 e. The molecule has 0 aromatic heterocycles. The molecule has 0 aliphatic rings. The number of alkyl halides is 3.